The molecule has 0 bridgehead atoms. The van der Waals surface area contributed by atoms with E-state index in [1.807, 2.05) is 58.2 Å². The molecule has 5 rings (SSSR count). The molecule has 0 saturated carbocycles. The molecular formula is C22H23N7O2. The number of fused-ring (bicyclic) bond motifs is 2. The van der Waals surface area contributed by atoms with Gasteiger partial charge in [-0.3, -0.25) is 0 Å². The maximum atomic E-state index is 11.2. The highest BCUT2D eigenvalue weighted by atomic mass is 16.4. The Hall–Kier alpha value is -4.01. The molecule has 0 amide bonds. The van der Waals surface area contributed by atoms with Crippen LogP contribution in [0.3, 0.4) is 0 Å². The molecule has 2 aromatic carbocycles. The minimum Gasteiger partial charge on any atom is -0.408 e. The van der Waals surface area contributed by atoms with Crippen molar-refractivity contribution >= 4 is 21.9 Å². The summed E-state index contributed by atoms with van der Waals surface area (Å²) in [6.45, 7) is 7.25. The minimum atomic E-state index is -0.321. The van der Waals surface area contributed by atoms with Crippen LogP contribution < -0.4 is 5.63 Å². The average Bonchev–Trinajstić information content (AvgIpc) is 3.08. The normalized spacial score (nSPS) is 10.2. The first-order valence-corrected chi connectivity index (χ1v) is 9.60. The lowest BCUT2D eigenvalue weighted by molar-refractivity contribution is 0.467. The third-order valence-electron chi connectivity index (χ3n) is 4.00. The molecule has 0 atom stereocenters. The topological polar surface area (TPSA) is 112 Å². The Kier molecular flexibility index (Phi) is 6.76. The van der Waals surface area contributed by atoms with Gasteiger partial charge in [-0.15, -0.1) is 0 Å². The molecule has 5 aromatic rings. The molecule has 3 aromatic heterocycles. The Morgan fingerprint density at radius 1 is 0.677 bits per heavy atom. The Bertz CT molecular complexity index is 1290. The maximum absolute atomic E-state index is 11.2. The number of aryl methyl sites for hydroxylation is 5. The van der Waals surface area contributed by atoms with Crippen LogP contribution in [0.15, 0.2) is 57.7 Å². The van der Waals surface area contributed by atoms with Crippen molar-refractivity contribution in [1.82, 2.24) is 34.9 Å². The number of aromatic nitrogens is 7. The molecular weight excluding hydrogens is 394 g/mol. The van der Waals surface area contributed by atoms with Gasteiger partial charge in [-0.1, -0.05) is 24.3 Å². The van der Waals surface area contributed by atoms with E-state index in [-0.39, 0.29) is 5.63 Å². The molecule has 158 valence electrons. The van der Waals surface area contributed by atoms with E-state index in [0.717, 1.165) is 28.5 Å². The largest absolute Gasteiger partial charge is 0.408 e. The van der Waals surface area contributed by atoms with E-state index >= 15 is 0 Å². The van der Waals surface area contributed by atoms with Gasteiger partial charge in [-0.25, -0.2) is 24.7 Å². The molecule has 0 saturated heterocycles. The molecule has 0 fully saturated rings. The summed E-state index contributed by atoms with van der Waals surface area (Å²) in [5, 5.41) is 8.77. The fourth-order valence-electron chi connectivity index (χ4n) is 2.87. The van der Waals surface area contributed by atoms with Gasteiger partial charge in [0, 0.05) is 14.0 Å². The van der Waals surface area contributed by atoms with E-state index in [4.69, 9.17) is 4.42 Å². The van der Waals surface area contributed by atoms with Gasteiger partial charge in [-0.2, -0.15) is 15.0 Å². The Morgan fingerprint density at radius 2 is 1.13 bits per heavy atom. The molecule has 0 radical (unpaired) electrons. The number of para-hydroxylation sites is 1. The van der Waals surface area contributed by atoms with Crippen LogP contribution in [0.2, 0.25) is 0 Å². The zero-order valence-corrected chi connectivity index (χ0v) is 18.1. The third kappa shape index (κ3) is 5.99. The lowest BCUT2D eigenvalue weighted by Gasteiger charge is -1.94. The van der Waals surface area contributed by atoms with Crippen molar-refractivity contribution in [3.63, 3.8) is 0 Å². The summed E-state index contributed by atoms with van der Waals surface area (Å²) in [7, 11) is 1.82. The summed E-state index contributed by atoms with van der Waals surface area (Å²) in [6.07, 6.45) is 0. The SMILES string of the molecule is Cc1nc(C)nc(C)n1.Cc1nc2ccccc2c(=O)o1.Cn1nc2ccccc2n1. The molecule has 3 heterocycles. The summed E-state index contributed by atoms with van der Waals surface area (Å²) >= 11 is 0. The van der Waals surface area contributed by atoms with E-state index in [1.54, 1.807) is 29.9 Å². The molecule has 9 heteroatoms. The van der Waals surface area contributed by atoms with Gasteiger partial charge >= 0.3 is 5.63 Å². The van der Waals surface area contributed by atoms with E-state index in [2.05, 4.69) is 30.1 Å². The standard InChI is InChI=1S/C9H7NO2.C7H7N3.C6H9N3/c1-6-10-8-5-3-2-4-7(8)9(11)12-6;1-10-8-6-4-2-3-5-7(6)9-10;1-4-7-5(2)9-6(3)8-4/h2-5H,1H3;2-5H,1H3;1-3H3. The van der Waals surface area contributed by atoms with Crippen LogP contribution in [0.1, 0.15) is 23.4 Å². The number of nitrogens with zero attached hydrogens (tertiary/aromatic N) is 7. The first-order chi connectivity index (χ1) is 14.8. The van der Waals surface area contributed by atoms with E-state index in [0.29, 0.717) is 16.8 Å². The molecule has 0 aliphatic heterocycles. The summed E-state index contributed by atoms with van der Waals surface area (Å²) in [6, 6.07) is 14.9. The number of rotatable bonds is 0. The fraction of sp³-hybridized carbons (Fsp3) is 0.227. The van der Waals surface area contributed by atoms with Gasteiger partial charge in [0.25, 0.3) is 0 Å². The second kappa shape index (κ2) is 9.66. The number of benzene rings is 2. The Morgan fingerprint density at radius 3 is 1.65 bits per heavy atom. The van der Waals surface area contributed by atoms with Gasteiger partial charge in [0.1, 0.15) is 28.5 Å². The van der Waals surface area contributed by atoms with Gasteiger partial charge in [0.15, 0.2) is 5.89 Å². The molecule has 9 nitrogen and oxygen atoms in total. The van der Waals surface area contributed by atoms with Crippen molar-refractivity contribution in [2.24, 2.45) is 7.05 Å². The maximum Gasteiger partial charge on any atom is 0.346 e. The number of hydrogen-bond donors (Lipinski definition) is 0. The lowest BCUT2D eigenvalue weighted by atomic mass is 10.2. The molecule has 0 N–H and O–H groups in total. The van der Waals surface area contributed by atoms with Crippen LogP contribution in [0, 0.1) is 27.7 Å². The van der Waals surface area contributed by atoms with E-state index in [9.17, 15) is 4.79 Å². The monoisotopic (exact) mass is 417 g/mol. The molecule has 0 aliphatic carbocycles. The van der Waals surface area contributed by atoms with Crippen molar-refractivity contribution < 1.29 is 4.42 Å². The van der Waals surface area contributed by atoms with Crippen LogP contribution in [0.25, 0.3) is 21.9 Å². The van der Waals surface area contributed by atoms with Crippen LogP contribution >= 0.6 is 0 Å². The van der Waals surface area contributed by atoms with E-state index < -0.39 is 0 Å². The van der Waals surface area contributed by atoms with Crippen molar-refractivity contribution in [2.75, 3.05) is 0 Å². The van der Waals surface area contributed by atoms with Crippen LogP contribution in [0.4, 0.5) is 0 Å². The smallest absolute Gasteiger partial charge is 0.346 e. The summed E-state index contributed by atoms with van der Waals surface area (Å²) in [5.74, 6) is 2.78. The highest BCUT2D eigenvalue weighted by molar-refractivity contribution is 5.76. The molecule has 0 unspecified atom stereocenters. The van der Waals surface area contributed by atoms with Crippen LogP contribution in [-0.4, -0.2) is 34.9 Å². The van der Waals surface area contributed by atoms with Crippen LogP contribution in [-0.2, 0) is 7.05 Å². The minimum absolute atomic E-state index is 0.321. The molecule has 0 spiro atoms. The van der Waals surface area contributed by atoms with Crippen molar-refractivity contribution in [3.05, 3.63) is 82.3 Å². The summed E-state index contributed by atoms with van der Waals surface area (Å²) in [5.41, 5.74) is 2.26. The zero-order valence-electron chi connectivity index (χ0n) is 18.1. The third-order valence-corrected chi connectivity index (χ3v) is 4.00. The fourth-order valence-corrected chi connectivity index (χ4v) is 2.87. The zero-order chi connectivity index (χ0) is 22.4. The van der Waals surface area contributed by atoms with Gasteiger partial charge in [0.2, 0.25) is 0 Å². The summed E-state index contributed by atoms with van der Waals surface area (Å²) in [4.78, 5) is 28.9. The average molecular weight is 417 g/mol. The van der Waals surface area contributed by atoms with Gasteiger partial charge in [-0.05, 0) is 45.0 Å². The lowest BCUT2D eigenvalue weighted by Crippen LogP contribution is -2.02. The Balaban J connectivity index is 0.000000133. The summed E-state index contributed by atoms with van der Waals surface area (Å²) < 4.78 is 4.82. The molecule has 31 heavy (non-hydrogen) atoms. The predicted molar refractivity (Wildman–Crippen MR) is 118 cm³/mol. The van der Waals surface area contributed by atoms with Crippen LogP contribution in [0.5, 0.6) is 0 Å². The second-order valence-electron chi connectivity index (χ2n) is 6.69. The molecule has 0 aliphatic rings. The van der Waals surface area contributed by atoms with Crippen molar-refractivity contribution in [1.29, 1.82) is 0 Å². The quantitative estimate of drug-likeness (QED) is 0.377. The number of hydrogen-bond acceptors (Lipinski definition) is 8. The highest BCUT2D eigenvalue weighted by Crippen LogP contribution is 2.06. The second-order valence-corrected chi connectivity index (χ2v) is 6.69. The Labute approximate surface area is 178 Å². The van der Waals surface area contributed by atoms with Gasteiger partial charge < -0.3 is 4.42 Å². The van der Waals surface area contributed by atoms with Crippen molar-refractivity contribution in [2.45, 2.75) is 27.7 Å². The van der Waals surface area contributed by atoms with E-state index in [1.165, 1.54) is 0 Å². The predicted octanol–water partition coefficient (Wildman–Crippen LogP) is 3.26. The van der Waals surface area contributed by atoms with Gasteiger partial charge in [0.05, 0.1) is 10.9 Å². The first-order valence-electron chi connectivity index (χ1n) is 9.60. The first kappa shape index (κ1) is 21.7. The highest BCUT2D eigenvalue weighted by Gasteiger charge is 2.00. The van der Waals surface area contributed by atoms with Crippen molar-refractivity contribution in [3.8, 4) is 0 Å².